The van der Waals surface area contributed by atoms with Crippen molar-refractivity contribution < 1.29 is 5.11 Å². The van der Waals surface area contributed by atoms with Gasteiger partial charge in [-0.1, -0.05) is 42.1 Å². The summed E-state index contributed by atoms with van der Waals surface area (Å²) in [4.78, 5) is 0. The number of nitrogens with one attached hydrogen (secondary N) is 1. The second-order valence-electron chi connectivity index (χ2n) is 5.81. The van der Waals surface area contributed by atoms with Gasteiger partial charge in [-0.05, 0) is 43.5 Å². The summed E-state index contributed by atoms with van der Waals surface area (Å²) in [7, 11) is 0. The van der Waals surface area contributed by atoms with Crippen LogP contribution in [0, 0.1) is 5.92 Å². The number of aliphatic hydroxyl groups is 1. The van der Waals surface area contributed by atoms with Crippen LogP contribution in [0.1, 0.15) is 43.7 Å². The Morgan fingerprint density at radius 2 is 2.00 bits per heavy atom. The smallest absolute Gasteiger partial charge is 0.0706 e. The average molecular weight is 300 g/mol. The van der Waals surface area contributed by atoms with Crippen LogP contribution in [0.3, 0.4) is 0 Å². The second-order valence-corrected chi connectivity index (χ2v) is 6.63. The maximum atomic E-state index is 10.8. The molecule has 0 bridgehead atoms. The predicted octanol–water partition coefficient (Wildman–Crippen LogP) is 3.95. The average Bonchev–Trinajstić information content (AvgIpc) is 2.40. The van der Waals surface area contributed by atoms with Crippen LogP contribution < -0.4 is 5.32 Å². The van der Waals surface area contributed by atoms with Crippen molar-refractivity contribution in [2.75, 3.05) is 6.54 Å². The SMILES string of the molecule is O[C@@]12CCCC[C@@H]1[C@@H](c1ccc(Cl)c(Cl)c1)NCC2. The van der Waals surface area contributed by atoms with Crippen molar-refractivity contribution in [3.05, 3.63) is 33.8 Å². The van der Waals surface area contributed by atoms with Crippen LogP contribution in [0.2, 0.25) is 10.0 Å². The number of rotatable bonds is 1. The van der Waals surface area contributed by atoms with E-state index in [2.05, 4.69) is 5.32 Å². The van der Waals surface area contributed by atoms with Crippen LogP contribution in [0.25, 0.3) is 0 Å². The molecule has 1 aliphatic carbocycles. The maximum Gasteiger partial charge on any atom is 0.0706 e. The van der Waals surface area contributed by atoms with Gasteiger partial charge in [0.2, 0.25) is 0 Å². The Kier molecular flexibility index (Phi) is 3.78. The third-order valence-electron chi connectivity index (χ3n) is 4.69. The lowest BCUT2D eigenvalue weighted by atomic mass is 9.67. The number of hydrogen-bond acceptors (Lipinski definition) is 2. The molecular formula is C15H19Cl2NO. The normalized spacial score (nSPS) is 34.9. The van der Waals surface area contributed by atoms with Crippen LogP contribution in [0.4, 0.5) is 0 Å². The third kappa shape index (κ3) is 2.52. The molecule has 1 aromatic carbocycles. The molecule has 0 aromatic heterocycles. The summed E-state index contributed by atoms with van der Waals surface area (Å²) in [6, 6.07) is 5.99. The molecule has 0 amide bonds. The molecule has 0 spiro atoms. The Bertz CT molecular complexity index is 475. The van der Waals surface area contributed by atoms with Crippen molar-refractivity contribution >= 4 is 23.2 Å². The largest absolute Gasteiger partial charge is 0.389 e. The Balaban J connectivity index is 1.92. The zero-order valence-corrected chi connectivity index (χ0v) is 12.3. The van der Waals surface area contributed by atoms with Gasteiger partial charge in [-0.2, -0.15) is 0 Å². The number of piperidine rings is 1. The lowest BCUT2D eigenvalue weighted by Crippen LogP contribution is -2.53. The van der Waals surface area contributed by atoms with E-state index in [-0.39, 0.29) is 12.0 Å². The highest BCUT2D eigenvalue weighted by molar-refractivity contribution is 6.42. The zero-order chi connectivity index (χ0) is 13.5. The molecule has 2 fully saturated rings. The highest BCUT2D eigenvalue weighted by Gasteiger charge is 2.45. The minimum Gasteiger partial charge on any atom is -0.389 e. The van der Waals surface area contributed by atoms with Crippen LogP contribution in [-0.4, -0.2) is 17.3 Å². The van der Waals surface area contributed by atoms with Gasteiger partial charge < -0.3 is 10.4 Å². The van der Waals surface area contributed by atoms with Crippen molar-refractivity contribution in [2.45, 2.75) is 43.7 Å². The summed E-state index contributed by atoms with van der Waals surface area (Å²) >= 11 is 12.1. The molecule has 1 saturated heterocycles. The van der Waals surface area contributed by atoms with E-state index >= 15 is 0 Å². The molecule has 2 nitrogen and oxygen atoms in total. The van der Waals surface area contributed by atoms with Gasteiger partial charge in [0.1, 0.15) is 0 Å². The first-order valence-corrected chi connectivity index (χ1v) is 7.76. The number of hydrogen-bond donors (Lipinski definition) is 2. The van der Waals surface area contributed by atoms with Crippen LogP contribution in [0.15, 0.2) is 18.2 Å². The van der Waals surface area contributed by atoms with Crippen molar-refractivity contribution in [2.24, 2.45) is 5.92 Å². The molecule has 3 atom stereocenters. The van der Waals surface area contributed by atoms with Gasteiger partial charge in [-0.3, -0.25) is 0 Å². The monoisotopic (exact) mass is 299 g/mol. The quantitative estimate of drug-likeness (QED) is 0.823. The van der Waals surface area contributed by atoms with E-state index in [1.807, 2.05) is 18.2 Å². The molecule has 19 heavy (non-hydrogen) atoms. The van der Waals surface area contributed by atoms with Crippen molar-refractivity contribution in [1.82, 2.24) is 5.32 Å². The molecule has 2 N–H and O–H groups in total. The number of halogens is 2. The standard InChI is InChI=1S/C15H19Cl2NO/c16-12-5-4-10(9-13(12)17)14-11-3-1-2-6-15(11,19)7-8-18-14/h4-5,9,11,14,18-19H,1-3,6-8H2/t11-,14-,15-/m1/s1. The zero-order valence-electron chi connectivity index (χ0n) is 10.8. The Morgan fingerprint density at radius 1 is 1.16 bits per heavy atom. The Hall–Kier alpha value is -0.280. The van der Waals surface area contributed by atoms with Gasteiger partial charge in [0.25, 0.3) is 0 Å². The van der Waals surface area contributed by atoms with Crippen LogP contribution in [-0.2, 0) is 0 Å². The summed E-state index contributed by atoms with van der Waals surface area (Å²) < 4.78 is 0. The Labute approximate surface area is 124 Å². The third-order valence-corrected chi connectivity index (χ3v) is 5.43. The van der Waals surface area contributed by atoms with Crippen LogP contribution >= 0.6 is 23.2 Å². The summed E-state index contributed by atoms with van der Waals surface area (Å²) in [5.41, 5.74) is 0.639. The summed E-state index contributed by atoms with van der Waals surface area (Å²) in [6.07, 6.45) is 5.20. The van der Waals surface area contributed by atoms with Gasteiger partial charge in [-0.25, -0.2) is 0 Å². The molecule has 104 valence electrons. The maximum absolute atomic E-state index is 10.8. The fraction of sp³-hybridized carbons (Fsp3) is 0.600. The molecule has 1 aromatic rings. The van der Waals surface area contributed by atoms with Gasteiger partial charge in [0, 0.05) is 12.0 Å². The van der Waals surface area contributed by atoms with E-state index in [1.165, 1.54) is 6.42 Å². The molecule has 0 radical (unpaired) electrons. The van der Waals surface area contributed by atoms with Gasteiger partial charge in [-0.15, -0.1) is 0 Å². The first-order valence-electron chi connectivity index (χ1n) is 7.01. The van der Waals surface area contributed by atoms with Crippen LogP contribution in [0.5, 0.6) is 0 Å². The predicted molar refractivity (Wildman–Crippen MR) is 78.7 cm³/mol. The molecule has 1 saturated carbocycles. The minimum atomic E-state index is -0.500. The van der Waals surface area contributed by atoms with Crippen molar-refractivity contribution in [1.29, 1.82) is 0 Å². The first-order chi connectivity index (χ1) is 9.10. The summed E-state index contributed by atoms with van der Waals surface area (Å²) in [5.74, 6) is 0.284. The fourth-order valence-electron chi connectivity index (χ4n) is 3.68. The number of benzene rings is 1. The van der Waals surface area contributed by atoms with Crippen molar-refractivity contribution in [3.8, 4) is 0 Å². The van der Waals surface area contributed by atoms with E-state index in [1.54, 1.807) is 0 Å². The molecule has 1 aliphatic heterocycles. The van der Waals surface area contributed by atoms with Gasteiger partial charge in [0.05, 0.1) is 15.6 Å². The summed E-state index contributed by atoms with van der Waals surface area (Å²) in [5, 5.41) is 15.6. The topological polar surface area (TPSA) is 32.3 Å². The fourth-order valence-corrected chi connectivity index (χ4v) is 3.99. The summed E-state index contributed by atoms with van der Waals surface area (Å²) in [6.45, 7) is 0.859. The van der Waals surface area contributed by atoms with E-state index in [0.29, 0.717) is 10.0 Å². The van der Waals surface area contributed by atoms with E-state index < -0.39 is 5.60 Å². The molecule has 4 heteroatoms. The highest BCUT2D eigenvalue weighted by Crippen LogP contribution is 2.46. The minimum absolute atomic E-state index is 0.189. The lowest BCUT2D eigenvalue weighted by molar-refractivity contribution is -0.0861. The molecule has 2 aliphatic rings. The Morgan fingerprint density at radius 3 is 2.79 bits per heavy atom. The number of fused-ring (bicyclic) bond motifs is 1. The van der Waals surface area contributed by atoms with Crippen molar-refractivity contribution in [3.63, 3.8) is 0 Å². The van der Waals surface area contributed by atoms with Gasteiger partial charge >= 0.3 is 0 Å². The van der Waals surface area contributed by atoms with E-state index in [9.17, 15) is 5.11 Å². The van der Waals surface area contributed by atoms with Gasteiger partial charge in [0.15, 0.2) is 0 Å². The lowest BCUT2D eigenvalue weighted by Gasteiger charge is -2.48. The van der Waals surface area contributed by atoms with E-state index in [4.69, 9.17) is 23.2 Å². The first kappa shape index (κ1) is 13.7. The second kappa shape index (κ2) is 5.25. The highest BCUT2D eigenvalue weighted by atomic mass is 35.5. The van der Waals surface area contributed by atoms with E-state index in [0.717, 1.165) is 37.8 Å². The molecule has 3 rings (SSSR count). The molecule has 1 heterocycles. The molecule has 0 unspecified atom stereocenters. The molecular weight excluding hydrogens is 281 g/mol.